The van der Waals surface area contributed by atoms with Gasteiger partial charge in [0.2, 0.25) is 0 Å². The number of rotatable bonds is 1. The number of carbonyl (C=O) groups excluding carboxylic acids is 1. The lowest BCUT2D eigenvalue weighted by Gasteiger charge is -2.27. The average molecular weight is 280 g/mol. The Kier molecular flexibility index (Phi) is 3.16. The summed E-state index contributed by atoms with van der Waals surface area (Å²) in [5.41, 5.74) is 1.42. The molecule has 3 heterocycles. The molecule has 0 aliphatic carbocycles. The summed E-state index contributed by atoms with van der Waals surface area (Å²) in [6.07, 6.45) is 3.44. The van der Waals surface area contributed by atoms with Crippen molar-refractivity contribution in [2.45, 2.75) is 0 Å². The van der Waals surface area contributed by atoms with E-state index < -0.39 is 0 Å². The van der Waals surface area contributed by atoms with E-state index in [2.05, 4.69) is 4.98 Å². The molecule has 0 unspecified atom stereocenters. The minimum absolute atomic E-state index is 0.0146. The summed E-state index contributed by atoms with van der Waals surface area (Å²) in [6.45, 7) is 2.41. The third-order valence-corrected chi connectivity index (χ3v) is 3.69. The van der Waals surface area contributed by atoms with E-state index in [1.54, 1.807) is 11.1 Å². The minimum atomic E-state index is -0.0146. The quantitative estimate of drug-likeness (QED) is 0.747. The van der Waals surface area contributed by atoms with Crippen LogP contribution in [0.2, 0.25) is 5.15 Å². The smallest absolute Gasteiger partial charge is 0.257 e. The van der Waals surface area contributed by atoms with E-state index in [4.69, 9.17) is 16.3 Å². The molecule has 0 radical (unpaired) electrons. The van der Waals surface area contributed by atoms with Crippen molar-refractivity contribution in [2.75, 3.05) is 26.3 Å². The molecule has 0 aromatic carbocycles. The third kappa shape index (κ3) is 2.09. The van der Waals surface area contributed by atoms with Gasteiger partial charge in [-0.15, -0.1) is 0 Å². The number of aryl methyl sites for hydroxylation is 1. The van der Waals surface area contributed by atoms with Crippen LogP contribution in [0.4, 0.5) is 0 Å². The number of pyridine rings is 1. The lowest BCUT2D eigenvalue weighted by Crippen LogP contribution is -2.40. The number of amides is 1. The summed E-state index contributed by atoms with van der Waals surface area (Å²) in [4.78, 5) is 18.5. The molecule has 3 rings (SSSR count). The maximum absolute atomic E-state index is 12.5. The minimum Gasteiger partial charge on any atom is -0.378 e. The van der Waals surface area contributed by atoms with Crippen LogP contribution in [0.25, 0.3) is 10.9 Å². The number of aromatic nitrogens is 2. The second kappa shape index (κ2) is 4.83. The van der Waals surface area contributed by atoms with E-state index in [1.807, 2.05) is 23.9 Å². The molecule has 0 spiro atoms. The molecule has 0 saturated carbocycles. The maximum atomic E-state index is 12.5. The molecule has 19 heavy (non-hydrogen) atoms. The molecule has 1 saturated heterocycles. The molecule has 5 nitrogen and oxygen atoms in total. The molecule has 2 aromatic heterocycles. The number of morpholine rings is 1. The number of hydrogen-bond donors (Lipinski definition) is 0. The Bertz CT molecular complexity index is 632. The Balaban J connectivity index is 2.07. The zero-order valence-corrected chi connectivity index (χ0v) is 11.4. The molecule has 1 fully saturated rings. The molecule has 1 aliphatic heterocycles. The lowest BCUT2D eigenvalue weighted by molar-refractivity contribution is 0.0303. The van der Waals surface area contributed by atoms with Crippen LogP contribution in [0.3, 0.4) is 0 Å². The van der Waals surface area contributed by atoms with Gasteiger partial charge in [0.1, 0.15) is 5.15 Å². The molecule has 100 valence electrons. The summed E-state index contributed by atoms with van der Waals surface area (Å²) in [5, 5.41) is 1.23. The number of fused-ring (bicyclic) bond motifs is 1. The second-order valence-corrected chi connectivity index (χ2v) is 4.91. The van der Waals surface area contributed by atoms with E-state index in [-0.39, 0.29) is 5.91 Å². The number of carbonyl (C=O) groups is 1. The predicted octanol–water partition coefficient (Wildman–Crippen LogP) is 1.70. The van der Waals surface area contributed by atoms with Gasteiger partial charge >= 0.3 is 0 Å². The van der Waals surface area contributed by atoms with E-state index in [0.29, 0.717) is 37.0 Å². The van der Waals surface area contributed by atoms with E-state index in [9.17, 15) is 4.79 Å². The highest BCUT2D eigenvalue weighted by molar-refractivity contribution is 6.34. The standard InChI is InChI=1S/C13H14ClN3O2/c1-16-3-2-9-11(16)10(8-15-12(9)14)13(18)17-4-6-19-7-5-17/h2-3,8H,4-7H2,1H3. The number of hydrogen-bond acceptors (Lipinski definition) is 3. The van der Waals surface area contributed by atoms with Crippen LogP contribution in [0, 0.1) is 0 Å². The van der Waals surface area contributed by atoms with Crippen LogP contribution in [0.5, 0.6) is 0 Å². The van der Waals surface area contributed by atoms with Gasteiger partial charge < -0.3 is 14.2 Å². The number of halogens is 1. The van der Waals surface area contributed by atoms with Gasteiger partial charge in [-0.1, -0.05) is 11.6 Å². The first kappa shape index (κ1) is 12.4. The van der Waals surface area contributed by atoms with Crippen LogP contribution in [-0.2, 0) is 11.8 Å². The summed E-state index contributed by atoms with van der Waals surface area (Å²) >= 11 is 6.06. The molecule has 0 bridgehead atoms. The van der Waals surface area contributed by atoms with Gasteiger partial charge in [0, 0.05) is 37.9 Å². The van der Waals surface area contributed by atoms with Crippen molar-refractivity contribution in [1.82, 2.24) is 14.5 Å². The van der Waals surface area contributed by atoms with Crippen LogP contribution in [0.1, 0.15) is 10.4 Å². The first-order valence-corrected chi connectivity index (χ1v) is 6.53. The highest BCUT2D eigenvalue weighted by Gasteiger charge is 2.22. The Morgan fingerprint density at radius 1 is 1.42 bits per heavy atom. The van der Waals surface area contributed by atoms with Gasteiger partial charge in [0.25, 0.3) is 5.91 Å². The zero-order valence-electron chi connectivity index (χ0n) is 10.6. The van der Waals surface area contributed by atoms with Crippen molar-refractivity contribution in [2.24, 2.45) is 7.05 Å². The van der Waals surface area contributed by atoms with Crippen LogP contribution < -0.4 is 0 Å². The Morgan fingerprint density at radius 3 is 2.89 bits per heavy atom. The van der Waals surface area contributed by atoms with Crippen LogP contribution >= 0.6 is 11.6 Å². The van der Waals surface area contributed by atoms with Gasteiger partial charge in [-0.25, -0.2) is 4.98 Å². The van der Waals surface area contributed by atoms with Crippen molar-refractivity contribution in [3.8, 4) is 0 Å². The molecule has 1 aliphatic rings. The monoisotopic (exact) mass is 279 g/mol. The van der Waals surface area contributed by atoms with Crippen LogP contribution in [-0.4, -0.2) is 46.7 Å². The Morgan fingerprint density at radius 2 is 2.16 bits per heavy atom. The van der Waals surface area contributed by atoms with Crippen LogP contribution in [0.15, 0.2) is 18.5 Å². The molecule has 2 aromatic rings. The fraction of sp³-hybridized carbons (Fsp3) is 0.385. The van der Waals surface area contributed by atoms with Gasteiger partial charge in [-0.3, -0.25) is 4.79 Å². The topological polar surface area (TPSA) is 47.4 Å². The average Bonchev–Trinajstić information content (AvgIpc) is 2.83. The maximum Gasteiger partial charge on any atom is 0.257 e. The second-order valence-electron chi connectivity index (χ2n) is 4.56. The summed E-state index contributed by atoms with van der Waals surface area (Å²) in [6, 6.07) is 1.88. The summed E-state index contributed by atoms with van der Waals surface area (Å²) < 4.78 is 7.16. The van der Waals surface area contributed by atoms with Crippen molar-refractivity contribution in [3.63, 3.8) is 0 Å². The Hall–Kier alpha value is -1.59. The highest BCUT2D eigenvalue weighted by atomic mass is 35.5. The first-order valence-electron chi connectivity index (χ1n) is 6.15. The SMILES string of the molecule is Cn1ccc2c(Cl)ncc(C(=O)N3CCOCC3)c21. The largest absolute Gasteiger partial charge is 0.378 e. The predicted molar refractivity (Wildman–Crippen MR) is 72.4 cm³/mol. The highest BCUT2D eigenvalue weighted by Crippen LogP contribution is 2.26. The van der Waals surface area contributed by atoms with Crippen molar-refractivity contribution in [1.29, 1.82) is 0 Å². The molecule has 6 heteroatoms. The van der Waals surface area contributed by atoms with Gasteiger partial charge in [0.05, 0.1) is 24.3 Å². The van der Waals surface area contributed by atoms with E-state index >= 15 is 0 Å². The molecule has 1 amide bonds. The molecule has 0 N–H and O–H groups in total. The first-order chi connectivity index (χ1) is 9.18. The fourth-order valence-corrected chi connectivity index (χ4v) is 2.58. The summed E-state index contributed by atoms with van der Waals surface area (Å²) in [7, 11) is 1.90. The lowest BCUT2D eigenvalue weighted by atomic mass is 10.2. The van der Waals surface area contributed by atoms with Crippen molar-refractivity contribution in [3.05, 3.63) is 29.2 Å². The van der Waals surface area contributed by atoms with E-state index in [1.165, 1.54) is 0 Å². The van der Waals surface area contributed by atoms with Gasteiger partial charge in [0.15, 0.2) is 0 Å². The number of ether oxygens (including phenoxy) is 1. The third-order valence-electron chi connectivity index (χ3n) is 3.39. The van der Waals surface area contributed by atoms with Crippen molar-refractivity contribution < 1.29 is 9.53 Å². The summed E-state index contributed by atoms with van der Waals surface area (Å²) in [5.74, 6) is -0.0146. The normalized spacial score (nSPS) is 16.0. The molecular formula is C13H14ClN3O2. The van der Waals surface area contributed by atoms with Crippen molar-refractivity contribution >= 4 is 28.4 Å². The zero-order chi connectivity index (χ0) is 13.4. The van der Waals surface area contributed by atoms with Gasteiger partial charge in [-0.2, -0.15) is 0 Å². The van der Waals surface area contributed by atoms with E-state index in [0.717, 1.165) is 10.9 Å². The number of nitrogens with zero attached hydrogens (tertiary/aromatic N) is 3. The Labute approximate surface area is 115 Å². The molecule has 0 atom stereocenters. The fourth-order valence-electron chi connectivity index (χ4n) is 2.38. The molecular weight excluding hydrogens is 266 g/mol. The van der Waals surface area contributed by atoms with Gasteiger partial charge in [-0.05, 0) is 6.07 Å².